The Labute approximate surface area is 212 Å². The minimum Gasteiger partial charge on any atom is -0.352 e. The van der Waals surface area contributed by atoms with Crippen LogP contribution in [0.5, 0.6) is 0 Å². The zero-order chi connectivity index (χ0) is 25.5. The van der Waals surface area contributed by atoms with Gasteiger partial charge in [-0.3, -0.25) is 0 Å². The minimum absolute atomic E-state index is 0.137. The largest absolute Gasteiger partial charge is 0.352 e. The third kappa shape index (κ3) is 6.19. The Bertz CT molecular complexity index is 1140. The van der Waals surface area contributed by atoms with E-state index in [4.69, 9.17) is 9.47 Å². The summed E-state index contributed by atoms with van der Waals surface area (Å²) in [7, 11) is 0. The first-order valence-corrected chi connectivity index (χ1v) is 13.1. The van der Waals surface area contributed by atoms with E-state index in [2.05, 4.69) is 6.92 Å². The Hall–Kier alpha value is -2.63. The molecule has 3 aromatic rings. The summed E-state index contributed by atoms with van der Waals surface area (Å²) < 4.78 is 55.5. The molecule has 0 radical (unpaired) electrons. The zero-order valence-corrected chi connectivity index (χ0v) is 21.2. The van der Waals surface area contributed by atoms with Crippen LogP contribution in [0.25, 0.3) is 22.3 Å². The monoisotopic (exact) mass is 496 g/mol. The molecule has 0 unspecified atom stereocenters. The molecule has 3 aromatic carbocycles. The van der Waals surface area contributed by atoms with Crippen LogP contribution < -0.4 is 0 Å². The maximum Gasteiger partial charge on any atom is 0.166 e. The van der Waals surface area contributed by atoms with Crippen molar-refractivity contribution in [2.75, 3.05) is 13.2 Å². The summed E-state index contributed by atoms with van der Waals surface area (Å²) in [5, 5.41) is 0. The summed E-state index contributed by atoms with van der Waals surface area (Å²) >= 11 is 0. The fourth-order valence-corrected chi connectivity index (χ4v) is 4.77. The lowest BCUT2D eigenvalue weighted by atomic mass is 9.94. The van der Waals surface area contributed by atoms with E-state index in [1.807, 2.05) is 6.07 Å². The summed E-state index contributed by atoms with van der Waals surface area (Å²) in [6.45, 7) is 4.89. The van der Waals surface area contributed by atoms with Gasteiger partial charge in [0.25, 0.3) is 0 Å². The fourth-order valence-electron chi connectivity index (χ4n) is 4.77. The Morgan fingerprint density at radius 3 is 2.06 bits per heavy atom. The maximum absolute atomic E-state index is 15.0. The highest BCUT2D eigenvalue weighted by Gasteiger charge is 2.25. The topological polar surface area (TPSA) is 18.5 Å². The molecule has 0 aliphatic carbocycles. The van der Waals surface area contributed by atoms with Crippen molar-refractivity contribution in [1.29, 1.82) is 0 Å². The van der Waals surface area contributed by atoms with Gasteiger partial charge in [-0.25, -0.2) is 13.2 Å². The number of rotatable bonds is 10. The van der Waals surface area contributed by atoms with Crippen LogP contribution in [0.15, 0.2) is 54.6 Å². The van der Waals surface area contributed by atoms with Gasteiger partial charge in [0.2, 0.25) is 0 Å². The Morgan fingerprint density at radius 2 is 1.39 bits per heavy atom. The summed E-state index contributed by atoms with van der Waals surface area (Å²) in [4.78, 5) is 0. The van der Waals surface area contributed by atoms with Crippen molar-refractivity contribution < 1.29 is 22.6 Å². The van der Waals surface area contributed by atoms with Gasteiger partial charge in [-0.05, 0) is 53.1 Å². The standard InChI is InChI=1S/C31H35F3O2/c1-3-5-6-7-8-9-29-35-19-25(20-36-29)26-16-15-24(18-28(26)32)22-10-12-23(13-11-22)27-17-14-21(4-2)30(33)31(27)34/h10-18,25,29H,3-9,19-20H2,1-2H3. The molecular formula is C31H35F3O2. The molecule has 1 fully saturated rings. The molecule has 0 spiro atoms. The molecule has 1 aliphatic rings. The number of unbranched alkanes of at least 4 members (excludes halogenated alkanes) is 4. The number of benzene rings is 3. The predicted molar refractivity (Wildman–Crippen MR) is 138 cm³/mol. The van der Waals surface area contributed by atoms with E-state index in [-0.39, 0.29) is 23.6 Å². The van der Waals surface area contributed by atoms with Gasteiger partial charge in [-0.2, -0.15) is 0 Å². The van der Waals surface area contributed by atoms with Crippen LogP contribution in [0.3, 0.4) is 0 Å². The van der Waals surface area contributed by atoms with Crippen molar-refractivity contribution in [3.8, 4) is 22.3 Å². The number of hydrogen-bond acceptors (Lipinski definition) is 2. The first-order valence-electron chi connectivity index (χ1n) is 13.1. The van der Waals surface area contributed by atoms with E-state index < -0.39 is 11.6 Å². The van der Waals surface area contributed by atoms with Gasteiger partial charge in [-0.1, -0.05) is 88.1 Å². The van der Waals surface area contributed by atoms with Gasteiger partial charge in [0.1, 0.15) is 5.82 Å². The van der Waals surface area contributed by atoms with Crippen LogP contribution in [-0.2, 0) is 15.9 Å². The molecule has 0 N–H and O–H groups in total. The molecule has 1 saturated heterocycles. The van der Waals surface area contributed by atoms with E-state index in [1.54, 1.807) is 49.4 Å². The van der Waals surface area contributed by atoms with Crippen LogP contribution >= 0.6 is 0 Å². The molecular weight excluding hydrogens is 461 g/mol. The molecule has 192 valence electrons. The van der Waals surface area contributed by atoms with Gasteiger partial charge in [-0.15, -0.1) is 0 Å². The molecule has 0 aromatic heterocycles. The van der Waals surface area contributed by atoms with Gasteiger partial charge < -0.3 is 9.47 Å². The van der Waals surface area contributed by atoms with Crippen molar-refractivity contribution in [3.05, 3.63) is 83.2 Å². The molecule has 0 atom stereocenters. The molecule has 0 amide bonds. The molecule has 4 rings (SSSR count). The lowest BCUT2D eigenvalue weighted by Gasteiger charge is -2.30. The van der Waals surface area contributed by atoms with Crippen LogP contribution in [0.1, 0.15) is 69.4 Å². The van der Waals surface area contributed by atoms with E-state index in [0.29, 0.717) is 36.3 Å². The van der Waals surface area contributed by atoms with Crippen molar-refractivity contribution in [3.63, 3.8) is 0 Å². The van der Waals surface area contributed by atoms with Crippen molar-refractivity contribution in [1.82, 2.24) is 0 Å². The van der Waals surface area contributed by atoms with E-state index in [0.717, 1.165) is 24.0 Å². The van der Waals surface area contributed by atoms with Gasteiger partial charge in [0.05, 0.1) is 13.2 Å². The quantitative estimate of drug-likeness (QED) is 0.261. The Morgan fingerprint density at radius 1 is 0.722 bits per heavy atom. The second-order valence-corrected chi connectivity index (χ2v) is 9.56. The first kappa shape index (κ1) is 26.4. The second-order valence-electron chi connectivity index (χ2n) is 9.56. The van der Waals surface area contributed by atoms with Crippen LogP contribution in [0.4, 0.5) is 13.2 Å². The van der Waals surface area contributed by atoms with Crippen LogP contribution in [-0.4, -0.2) is 19.5 Å². The average Bonchev–Trinajstić information content (AvgIpc) is 2.91. The minimum atomic E-state index is -0.840. The summed E-state index contributed by atoms with van der Waals surface area (Å²) in [6, 6.07) is 15.5. The molecule has 0 bridgehead atoms. The van der Waals surface area contributed by atoms with E-state index >= 15 is 4.39 Å². The molecule has 1 heterocycles. The van der Waals surface area contributed by atoms with Crippen molar-refractivity contribution >= 4 is 0 Å². The molecule has 36 heavy (non-hydrogen) atoms. The SMILES string of the molecule is CCCCCCCC1OCC(c2ccc(-c3ccc(-c4ccc(CC)c(F)c4F)cc3)cc2F)CO1. The van der Waals surface area contributed by atoms with E-state index in [1.165, 1.54) is 31.7 Å². The smallest absolute Gasteiger partial charge is 0.166 e. The lowest BCUT2D eigenvalue weighted by Crippen LogP contribution is -2.31. The predicted octanol–water partition coefficient (Wildman–Crippen LogP) is 8.82. The normalized spacial score (nSPS) is 17.9. The summed E-state index contributed by atoms with van der Waals surface area (Å²) in [6.07, 6.45) is 7.13. The third-order valence-corrected chi connectivity index (χ3v) is 7.02. The number of ether oxygens (including phenoxy) is 2. The molecule has 5 heteroatoms. The van der Waals surface area contributed by atoms with Crippen molar-refractivity contribution in [2.45, 2.75) is 71.0 Å². The molecule has 0 saturated carbocycles. The number of hydrogen-bond donors (Lipinski definition) is 0. The van der Waals surface area contributed by atoms with Crippen LogP contribution in [0, 0.1) is 17.5 Å². The molecule has 1 aliphatic heterocycles. The fraction of sp³-hybridized carbons (Fsp3) is 0.419. The van der Waals surface area contributed by atoms with Crippen LogP contribution in [0.2, 0.25) is 0 Å². The van der Waals surface area contributed by atoms with Crippen molar-refractivity contribution in [2.24, 2.45) is 0 Å². The zero-order valence-electron chi connectivity index (χ0n) is 21.2. The summed E-state index contributed by atoms with van der Waals surface area (Å²) in [5.41, 5.74) is 3.26. The highest BCUT2D eigenvalue weighted by Crippen LogP contribution is 2.32. The molecule has 2 nitrogen and oxygen atoms in total. The highest BCUT2D eigenvalue weighted by molar-refractivity contribution is 5.71. The summed E-state index contributed by atoms with van der Waals surface area (Å²) in [5.74, 6) is -2.07. The van der Waals surface area contributed by atoms with Gasteiger partial charge >= 0.3 is 0 Å². The average molecular weight is 497 g/mol. The Balaban J connectivity index is 1.38. The number of aryl methyl sites for hydroxylation is 1. The highest BCUT2D eigenvalue weighted by atomic mass is 19.2. The first-order chi connectivity index (χ1) is 17.5. The maximum atomic E-state index is 15.0. The second kappa shape index (κ2) is 12.6. The van der Waals surface area contributed by atoms with E-state index in [9.17, 15) is 8.78 Å². The van der Waals surface area contributed by atoms with Gasteiger partial charge in [0, 0.05) is 11.5 Å². The third-order valence-electron chi connectivity index (χ3n) is 7.02. The van der Waals surface area contributed by atoms with Gasteiger partial charge in [0.15, 0.2) is 17.9 Å². The Kier molecular flexibility index (Phi) is 9.22. The lowest BCUT2D eigenvalue weighted by molar-refractivity contribution is -0.190. The number of halogens is 3.